The van der Waals surface area contributed by atoms with Gasteiger partial charge < -0.3 is 10.2 Å². The van der Waals surface area contributed by atoms with Crippen LogP contribution in [0.25, 0.3) is 0 Å². The second kappa shape index (κ2) is 6.70. The van der Waals surface area contributed by atoms with E-state index in [0.29, 0.717) is 17.8 Å². The molecule has 0 bridgehead atoms. The van der Waals surface area contributed by atoms with Crippen LogP contribution in [0.15, 0.2) is 54.6 Å². The minimum atomic E-state index is -0.106. The van der Waals surface area contributed by atoms with E-state index in [-0.39, 0.29) is 11.8 Å². The summed E-state index contributed by atoms with van der Waals surface area (Å²) in [7, 11) is 1.69. The maximum Gasteiger partial charge on any atom is 0.228 e. The fourth-order valence-corrected chi connectivity index (χ4v) is 2.02. The fraction of sp³-hybridized carbons (Fsp3) is 0.176. The Morgan fingerprint density at radius 3 is 2.29 bits per heavy atom. The molecule has 108 valence electrons. The number of carbonyl (C=O) groups excluding carboxylic acids is 2. The van der Waals surface area contributed by atoms with Gasteiger partial charge in [-0.3, -0.25) is 9.59 Å². The predicted molar refractivity (Wildman–Crippen MR) is 84.3 cm³/mol. The zero-order chi connectivity index (χ0) is 15.2. The zero-order valence-electron chi connectivity index (χ0n) is 12.2. The first-order valence-corrected chi connectivity index (χ1v) is 6.75. The molecule has 2 aromatic rings. The second-order valence-electron chi connectivity index (χ2n) is 4.81. The molecule has 0 aromatic heterocycles. The Morgan fingerprint density at radius 2 is 1.62 bits per heavy atom. The van der Waals surface area contributed by atoms with Gasteiger partial charge in [0.25, 0.3) is 0 Å². The number of nitrogens with one attached hydrogen (secondary N) is 1. The number of amides is 2. The number of para-hydroxylation sites is 2. The molecule has 21 heavy (non-hydrogen) atoms. The maximum atomic E-state index is 12.1. The molecule has 0 aliphatic rings. The van der Waals surface area contributed by atoms with Crippen molar-refractivity contribution in [3.8, 4) is 0 Å². The lowest BCUT2D eigenvalue weighted by atomic mass is 10.1. The predicted octanol–water partition coefficient (Wildman–Crippen LogP) is 2.85. The lowest BCUT2D eigenvalue weighted by molar-refractivity contribution is -0.117. The standard InChI is InChI=1S/C17H18N2O2/c1-13(20)19(2)16-11-7-6-10-15(16)18-17(21)12-14-8-4-3-5-9-14/h3-11H,12H2,1-2H3,(H,18,21). The van der Waals surface area contributed by atoms with Crippen molar-refractivity contribution in [3.05, 3.63) is 60.2 Å². The first kappa shape index (κ1) is 14.8. The van der Waals surface area contributed by atoms with Gasteiger partial charge in [-0.1, -0.05) is 42.5 Å². The molecule has 2 amide bonds. The highest BCUT2D eigenvalue weighted by Gasteiger charge is 2.12. The van der Waals surface area contributed by atoms with Gasteiger partial charge in [0.1, 0.15) is 0 Å². The minimum absolute atomic E-state index is 0.0836. The van der Waals surface area contributed by atoms with Crippen LogP contribution >= 0.6 is 0 Å². The van der Waals surface area contributed by atoms with Gasteiger partial charge in [0, 0.05) is 14.0 Å². The van der Waals surface area contributed by atoms with E-state index < -0.39 is 0 Å². The molecule has 0 aliphatic carbocycles. The third-order valence-corrected chi connectivity index (χ3v) is 3.22. The maximum absolute atomic E-state index is 12.1. The lowest BCUT2D eigenvalue weighted by Crippen LogP contribution is -2.25. The molecule has 0 fully saturated rings. The Bertz CT molecular complexity index is 638. The second-order valence-corrected chi connectivity index (χ2v) is 4.81. The van der Waals surface area contributed by atoms with Crippen LogP contribution in [-0.2, 0) is 16.0 Å². The van der Waals surface area contributed by atoms with E-state index in [1.807, 2.05) is 42.5 Å². The van der Waals surface area contributed by atoms with E-state index in [0.717, 1.165) is 5.56 Å². The van der Waals surface area contributed by atoms with Gasteiger partial charge >= 0.3 is 0 Å². The monoisotopic (exact) mass is 282 g/mol. The van der Waals surface area contributed by atoms with Crippen molar-refractivity contribution in [1.82, 2.24) is 0 Å². The van der Waals surface area contributed by atoms with Crippen LogP contribution in [0.1, 0.15) is 12.5 Å². The average molecular weight is 282 g/mol. The number of hydrogen-bond acceptors (Lipinski definition) is 2. The largest absolute Gasteiger partial charge is 0.324 e. The molecule has 0 unspecified atom stereocenters. The normalized spacial score (nSPS) is 10.0. The lowest BCUT2D eigenvalue weighted by Gasteiger charge is -2.19. The van der Waals surface area contributed by atoms with Crippen molar-refractivity contribution < 1.29 is 9.59 Å². The zero-order valence-corrected chi connectivity index (χ0v) is 12.2. The van der Waals surface area contributed by atoms with Crippen LogP contribution in [0.2, 0.25) is 0 Å². The fourth-order valence-electron chi connectivity index (χ4n) is 2.02. The molecule has 0 saturated carbocycles. The van der Waals surface area contributed by atoms with Crippen molar-refractivity contribution in [2.24, 2.45) is 0 Å². The molecule has 0 radical (unpaired) electrons. The van der Waals surface area contributed by atoms with Crippen LogP contribution in [0.4, 0.5) is 11.4 Å². The van der Waals surface area contributed by atoms with Gasteiger partial charge in [-0.25, -0.2) is 0 Å². The van der Waals surface area contributed by atoms with Crippen molar-refractivity contribution >= 4 is 23.2 Å². The third kappa shape index (κ3) is 3.92. The summed E-state index contributed by atoms with van der Waals surface area (Å²) >= 11 is 0. The van der Waals surface area contributed by atoms with Crippen molar-refractivity contribution in [3.63, 3.8) is 0 Å². The Morgan fingerprint density at radius 1 is 1.00 bits per heavy atom. The molecule has 4 heteroatoms. The Labute approximate surface area is 124 Å². The van der Waals surface area contributed by atoms with Gasteiger partial charge in [-0.05, 0) is 17.7 Å². The highest BCUT2D eigenvalue weighted by molar-refractivity contribution is 6.00. The van der Waals surface area contributed by atoms with Crippen LogP contribution in [0.3, 0.4) is 0 Å². The highest BCUT2D eigenvalue weighted by Crippen LogP contribution is 2.24. The number of carbonyl (C=O) groups is 2. The summed E-state index contributed by atoms with van der Waals surface area (Å²) in [6.45, 7) is 1.49. The van der Waals surface area contributed by atoms with Crippen LogP contribution in [-0.4, -0.2) is 18.9 Å². The number of anilines is 2. The van der Waals surface area contributed by atoms with E-state index >= 15 is 0 Å². The molecule has 0 spiro atoms. The molecule has 0 saturated heterocycles. The average Bonchev–Trinajstić information content (AvgIpc) is 2.48. The molecular weight excluding hydrogens is 264 g/mol. The smallest absolute Gasteiger partial charge is 0.228 e. The summed E-state index contributed by atoms with van der Waals surface area (Å²) in [5, 5.41) is 2.86. The van der Waals surface area contributed by atoms with Gasteiger partial charge in [0.2, 0.25) is 11.8 Å². The summed E-state index contributed by atoms with van der Waals surface area (Å²) in [5.74, 6) is -0.189. The Balaban J connectivity index is 2.12. The van der Waals surface area contributed by atoms with E-state index in [9.17, 15) is 9.59 Å². The summed E-state index contributed by atoms with van der Waals surface area (Å²) in [6.07, 6.45) is 0.305. The molecule has 1 N–H and O–H groups in total. The number of hydrogen-bond donors (Lipinski definition) is 1. The molecule has 2 rings (SSSR count). The summed E-state index contributed by atoms with van der Waals surface area (Å²) in [5.41, 5.74) is 2.27. The Kier molecular flexibility index (Phi) is 4.72. The van der Waals surface area contributed by atoms with Crippen molar-refractivity contribution in [2.75, 3.05) is 17.3 Å². The summed E-state index contributed by atoms with van der Waals surface area (Å²) < 4.78 is 0. The molecule has 0 heterocycles. The minimum Gasteiger partial charge on any atom is -0.324 e. The topological polar surface area (TPSA) is 49.4 Å². The van der Waals surface area contributed by atoms with Crippen LogP contribution in [0.5, 0.6) is 0 Å². The van der Waals surface area contributed by atoms with Gasteiger partial charge in [0.15, 0.2) is 0 Å². The van der Waals surface area contributed by atoms with Gasteiger partial charge in [-0.15, -0.1) is 0 Å². The van der Waals surface area contributed by atoms with E-state index in [1.54, 1.807) is 19.2 Å². The van der Waals surface area contributed by atoms with Crippen LogP contribution in [0, 0.1) is 0 Å². The molecular formula is C17H18N2O2. The van der Waals surface area contributed by atoms with Crippen molar-refractivity contribution in [1.29, 1.82) is 0 Å². The SMILES string of the molecule is CC(=O)N(C)c1ccccc1NC(=O)Cc1ccccc1. The summed E-state index contributed by atoms with van der Waals surface area (Å²) in [6, 6.07) is 16.8. The first-order valence-electron chi connectivity index (χ1n) is 6.75. The quantitative estimate of drug-likeness (QED) is 0.937. The first-order chi connectivity index (χ1) is 10.1. The molecule has 0 atom stereocenters. The van der Waals surface area contributed by atoms with Gasteiger partial charge in [-0.2, -0.15) is 0 Å². The third-order valence-electron chi connectivity index (χ3n) is 3.22. The highest BCUT2D eigenvalue weighted by atomic mass is 16.2. The van der Waals surface area contributed by atoms with E-state index in [4.69, 9.17) is 0 Å². The van der Waals surface area contributed by atoms with Crippen LogP contribution < -0.4 is 10.2 Å². The Hall–Kier alpha value is -2.62. The van der Waals surface area contributed by atoms with Gasteiger partial charge in [0.05, 0.1) is 17.8 Å². The number of nitrogens with zero attached hydrogens (tertiary/aromatic N) is 1. The molecule has 2 aromatic carbocycles. The number of benzene rings is 2. The van der Waals surface area contributed by atoms with E-state index in [1.165, 1.54) is 11.8 Å². The molecule has 4 nitrogen and oxygen atoms in total. The molecule has 0 aliphatic heterocycles. The summed E-state index contributed by atoms with van der Waals surface area (Å²) in [4.78, 5) is 25.1. The van der Waals surface area contributed by atoms with E-state index in [2.05, 4.69) is 5.32 Å². The van der Waals surface area contributed by atoms with Crippen molar-refractivity contribution in [2.45, 2.75) is 13.3 Å². The number of rotatable bonds is 4.